The fourth-order valence-electron chi connectivity index (χ4n) is 5.78. The molecule has 6 rings (SSSR count). The number of anilines is 6. The van der Waals surface area contributed by atoms with E-state index >= 15 is 0 Å². The van der Waals surface area contributed by atoms with Crippen LogP contribution in [0, 0.1) is 25.5 Å². The van der Waals surface area contributed by atoms with E-state index in [1.165, 1.54) is 51.1 Å². The number of nitrogens with zero attached hydrogens (tertiary/aromatic N) is 10. The van der Waals surface area contributed by atoms with Gasteiger partial charge in [0.05, 0.1) is 61.1 Å². The van der Waals surface area contributed by atoms with Gasteiger partial charge in [0.15, 0.2) is 23.3 Å². The third kappa shape index (κ3) is 9.31. The van der Waals surface area contributed by atoms with E-state index in [1.54, 1.807) is 46.8 Å². The second-order valence-electron chi connectivity index (χ2n) is 14.0. The van der Waals surface area contributed by atoms with Gasteiger partial charge in [0.1, 0.15) is 28.9 Å². The Hall–Kier alpha value is -7.29. The number of pyridine rings is 4. The van der Waals surface area contributed by atoms with Crippen LogP contribution in [-0.4, -0.2) is 87.3 Å². The highest BCUT2D eigenvalue weighted by Crippen LogP contribution is 2.36. The summed E-state index contributed by atoms with van der Waals surface area (Å²) in [5, 5.41) is 16.7. The van der Waals surface area contributed by atoms with Crippen molar-refractivity contribution in [3.8, 4) is 34.5 Å². The van der Waals surface area contributed by atoms with Gasteiger partial charge in [0.25, 0.3) is 0 Å². The molecule has 1 unspecified atom stereocenters. The number of aliphatic hydroxyl groups is 1. The average Bonchev–Trinajstić information content (AvgIpc) is 3.18. The Morgan fingerprint density at radius 2 is 1.20 bits per heavy atom. The summed E-state index contributed by atoms with van der Waals surface area (Å²) in [6.07, 6.45) is 5.64. The number of methoxy groups -OCH3 is 2. The van der Waals surface area contributed by atoms with Crippen molar-refractivity contribution < 1.29 is 32.9 Å². The first kappa shape index (κ1) is 41.3. The smallest absolute Gasteiger partial charge is 0.316 e. The Bertz CT molecular complexity index is 2510. The number of halogens is 2. The monoisotopic (exact) mass is 810 g/mol. The maximum Gasteiger partial charge on any atom is 0.316 e. The van der Waals surface area contributed by atoms with Crippen molar-refractivity contribution in [2.75, 3.05) is 42.9 Å². The van der Waals surface area contributed by atoms with Crippen molar-refractivity contribution in [1.29, 1.82) is 0 Å². The minimum absolute atomic E-state index is 0.0217. The van der Waals surface area contributed by atoms with E-state index in [1.807, 2.05) is 0 Å². The van der Waals surface area contributed by atoms with Gasteiger partial charge in [0, 0.05) is 30.9 Å². The number of rotatable bonds is 14. The molecule has 1 atom stereocenters. The molecule has 19 nitrogen and oxygen atoms in total. The molecule has 0 bridgehead atoms. The Balaban J connectivity index is 1.31. The van der Waals surface area contributed by atoms with Gasteiger partial charge in [0.2, 0.25) is 23.7 Å². The molecule has 306 valence electrons. The predicted molar refractivity (Wildman–Crippen MR) is 211 cm³/mol. The number of hydrogen-bond acceptors (Lipinski definition) is 19. The number of nitrogens with one attached hydrogen (secondary N) is 2. The van der Waals surface area contributed by atoms with Gasteiger partial charge in [-0.05, 0) is 57.9 Å². The molecule has 6 heterocycles. The van der Waals surface area contributed by atoms with Gasteiger partial charge in [-0.3, -0.25) is 4.79 Å². The lowest BCUT2D eigenvalue weighted by atomic mass is 9.84. The Morgan fingerprint density at radius 3 is 1.66 bits per heavy atom. The fraction of sp³-hybridized carbons (Fsp3) is 0.289. The maximum atomic E-state index is 14.6. The first-order valence-corrected chi connectivity index (χ1v) is 17.7. The Kier molecular flexibility index (Phi) is 11.7. The quantitative estimate of drug-likeness (QED) is 0.0957. The third-order valence-corrected chi connectivity index (χ3v) is 8.85. The third-order valence-electron chi connectivity index (χ3n) is 8.85. The van der Waals surface area contributed by atoms with Crippen LogP contribution in [0.5, 0.6) is 11.8 Å². The number of nitrogens with two attached hydrogens (primary N) is 2. The molecule has 6 aromatic heterocycles. The van der Waals surface area contributed by atoms with Crippen LogP contribution in [-0.2, 0) is 21.4 Å². The molecule has 0 spiro atoms. The van der Waals surface area contributed by atoms with Crippen molar-refractivity contribution in [3.63, 3.8) is 0 Å². The number of aliphatic hydroxyl groups excluding tert-OH is 1. The summed E-state index contributed by atoms with van der Waals surface area (Å²) in [6.45, 7) is 7.51. The van der Waals surface area contributed by atoms with Gasteiger partial charge in [-0.2, -0.15) is 19.9 Å². The van der Waals surface area contributed by atoms with E-state index in [0.717, 1.165) is 0 Å². The number of carbonyl (C=O) groups excluding carboxylic acids is 1. The van der Waals surface area contributed by atoms with Gasteiger partial charge in [-0.1, -0.05) is 0 Å². The average molecular weight is 811 g/mol. The number of aryl methyl sites for hydroxylation is 2. The van der Waals surface area contributed by atoms with Crippen LogP contribution in [0.4, 0.5) is 43.7 Å². The van der Waals surface area contributed by atoms with Gasteiger partial charge < -0.3 is 41.4 Å². The lowest BCUT2D eigenvalue weighted by molar-refractivity contribution is -0.168. The highest BCUT2D eigenvalue weighted by atomic mass is 19.1. The Morgan fingerprint density at radius 1 is 0.712 bits per heavy atom. The van der Waals surface area contributed by atoms with Crippen LogP contribution in [0.15, 0.2) is 49.1 Å². The highest BCUT2D eigenvalue weighted by Gasteiger charge is 2.39. The minimum Gasteiger partial charge on any atom is -0.479 e. The van der Waals surface area contributed by atoms with Crippen LogP contribution in [0.2, 0.25) is 0 Å². The number of esters is 1. The van der Waals surface area contributed by atoms with E-state index < -0.39 is 35.2 Å². The van der Waals surface area contributed by atoms with Gasteiger partial charge >= 0.3 is 5.97 Å². The zero-order chi connectivity index (χ0) is 42.6. The van der Waals surface area contributed by atoms with Crippen LogP contribution >= 0.6 is 0 Å². The predicted octanol–water partition coefficient (Wildman–Crippen LogP) is 4.35. The topological polar surface area (TPSA) is 270 Å². The standard InChI is InChI=1S/C38H40F2N14O5/c1-18-47-30(53-35(41)49-18)24-8-20(13-43-28(24)51-22-10-26(39)32(57-6)45-15-22)12-38(5,17-55)59-34(56)37(3,4)21-9-25(31-48-19(2)50-36(42)54-31)29(44-14-21)52-23-11-27(40)33(58-7)46-16-23/h8-11,13-16,55H,12,17H2,1-7H3,(H,43,51)(H,44,52)(H2,41,47,49,53)(H2,42,48,50,54). The first-order valence-electron chi connectivity index (χ1n) is 17.7. The summed E-state index contributed by atoms with van der Waals surface area (Å²) >= 11 is 0. The fourth-order valence-corrected chi connectivity index (χ4v) is 5.78. The van der Waals surface area contributed by atoms with E-state index in [-0.39, 0.29) is 64.7 Å². The SMILES string of the molecule is COc1ncc(Nc2ncc(CC(C)(CO)OC(=O)C(C)(C)c3cnc(Nc4cnc(OC)c(F)c4)c(-c4nc(C)nc(N)n4)c3)cc2-c2nc(C)nc(N)n2)cc1F. The van der Waals surface area contributed by atoms with Gasteiger partial charge in [-0.25, -0.2) is 38.7 Å². The molecule has 0 aromatic carbocycles. The number of nitrogen functional groups attached to an aromatic ring is 2. The van der Waals surface area contributed by atoms with Crippen LogP contribution in [0.1, 0.15) is 43.5 Å². The van der Waals surface area contributed by atoms with Crippen molar-refractivity contribution in [3.05, 3.63) is 83.5 Å². The molecule has 0 aliphatic rings. The summed E-state index contributed by atoms with van der Waals surface area (Å²) < 4.78 is 45.0. The molecule has 0 radical (unpaired) electrons. The molecule has 7 N–H and O–H groups in total. The summed E-state index contributed by atoms with van der Waals surface area (Å²) in [5.41, 5.74) is 11.1. The molecular formula is C38H40F2N14O5. The zero-order valence-corrected chi connectivity index (χ0v) is 33.0. The molecule has 21 heteroatoms. The summed E-state index contributed by atoms with van der Waals surface area (Å²) in [4.78, 5) is 56.7. The van der Waals surface area contributed by atoms with E-state index in [9.17, 15) is 18.7 Å². The van der Waals surface area contributed by atoms with Crippen LogP contribution < -0.4 is 31.6 Å². The maximum absolute atomic E-state index is 14.6. The number of hydrogen-bond donors (Lipinski definition) is 5. The van der Waals surface area contributed by atoms with Crippen LogP contribution in [0.25, 0.3) is 22.8 Å². The Labute approximate surface area is 336 Å². The number of aromatic nitrogens is 10. The van der Waals surface area contributed by atoms with Crippen molar-refractivity contribution in [2.24, 2.45) is 0 Å². The zero-order valence-electron chi connectivity index (χ0n) is 33.0. The van der Waals surface area contributed by atoms with E-state index in [0.29, 0.717) is 33.9 Å². The molecule has 0 aliphatic heterocycles. The van der Waals surface area contributed by atoms with E-state index in [2.05, 4.69) is 60.5 Å². The molecule has 0 amide bonds. The van der Waals surface area contributed by atoms with Gasteiger partial charge in [-0.15, -0.1) is 0 Å². The van der Waals surface area contributed by atoms with Crippen molar-refractivity contribution in [2.45, 2.75) is 52.1 Å². The number of carbonyl (C=O) groups is 1. The number of ether oxygens (including phenoxy) is 3. The molecule has 6 aromatic rings. The lowest BCUT2D eigenvalue weighted by Crippen LogP contribution is -2.43. The molecule has 59 heavy (non-hydrogen) atoms. The summed E-state index contributed by atoms with van der Waals surface area (Å²) in [7, 11) is 2.60. The second-order valence-corrected chi connectivity index (χ2v) is 14.0. The van der Waals surface area contributed by atoms with Crippen molar-refractivity contribution >= 4 is 40.9 Å². The normalized spacial score (nSPS) is 12.4. The summed E-state index contributed by atoms with van der Waals surface area (Å²) in [5.74, 6) is -1.24. The largest absolute Gasteiger partial charge is 0.479 e. The highest BCUT2D eigenvalue weighted by molar-refractivity contribution is 5.84. The second kappa shape index (κ2) is 16.7. The first-order chi connectivity index (χ1) is 28.0. The minimum atomic E-state index is -1.48. The molecular weight excluding hydrogens is 771 g/mol. The van der Waals surface area contributed by atoms with E-state index in [4.69, 9.17) is 25.7 Å². The van der Waals surface area contributed by atoms with Crippen LogP contribution in [0.3, 0.4) is 0 Å². The molecule has 0 saturated carbocycles. The molecule has 0 aliphatic carbocycles. The van der Waals surface area contributed by atoms with Crippen molar-refractivity contribution in [1.82, 2.24) is 49.8 Å². The lowest BCUT2D eigenvalue weighted by Gasteiger charge is -2.33. The summed E-state index contributed by atoms with van der Waals surface area (Å²) in [6, 6.07) is 5.67. The molecule has 0 saturated heterocycles. The molecule has 0 fully saturated rings.